The highest BCUT2D eigenvalue weighted by Crippen LogP contribution is 2.33. The molecule has 7 heteroatoms. The summed E-state index contributed by atoms with van der Waals surface area (Å²) in [5.74, 6) is -0.876. The highest BCUT2D eigenvalue weighted by Gasteiger charge is 2.21. The van der Waals surface area contributed by atoms with Gasteiger partial charge >= 0.3 is 5.97 Å². The number of hydrogen-bond acceptors (Lipinski definition) is 5. The number of carbonyl (C=O) groups is 1. The average Bonchev–Trinajstić information content (AvgIpc) is 2.37. The minimum atomic E-state index is -3.58. The van der Waals surface area contributed by atoms with Gasteiger partial charge in [-0.05, 0) is 18.2 Å². The summed E-state index contributed by atoms with van der Waals surface area (Å²) in [6, 6.07) is 4.60. The Morgan fingerprint density at radius 1 is 1.47 bits per heavy atom. The lowest BCUT2D eigenvalue weighted by molar-refractivity contribution is -0.136. The fourth-order valence-corrected chi connectivity index (χ4v) is 3.11. The van der Waals surface area contributed by atoms with Gasteiger partial charge in [-0.2, -0.15) is 0 Å². The molecule has 1 heterocycles. The van der Waals surface area contributed by atoms with E-state index in [4.69, 9.17) is 9.84 Å². The number of rotatable bonds is 4. The Bertz CT molecular complexity index is 596. The minimum Gasteiger partial charge on any atom is -0.490 e. The molecule has 0 spiro atoms. The molecule has 104 valence electrons. The van der Waals surface area contributed by atoms with Crippen LogP contribution in [0.5, 0.6) is 5.75 Å². The van der Waals surface area contributed by atoms with Gasteiger partial charge < -0.3 is 14.7 Å². The first-order chi connectivity index (χ1) is 8.90. The molecule has 6 nitrogen and oxygen atoms in total. The average molecular weight is 285 g/mol. The second-order valence-corrected chi connectivity index (χ2v) is 6.47. The molecular formula is C12H15NO5S. The third kappa shape index (κ3) is 2.98. The topological polar surface area (TPSA) is 83.9 Å². The number of carboxylic acid groups (broad SMARTS) is 1. The fourth-order valence-electron chi connectivity index (χ4n) is 1.86. The Balaban J connectivity index is 2.31. The van der Waals surface area contributed by atoms with Gasteiger partial charge in [-0.1, -0.05) is 0 Å². The number of nitrogens with zero attached hydrogens (tertiary/aromatic N) is 1. The van der Waals surface area contributed by atoms with Gasteiger partial charge in [-0.15, -0.1) is 0 Å². The molecule has 0 saturated heterocycles. The number of aliphatic carboxylic acids is 1. The summed E-state index contributed by atoms with van der Waals surface area (Å²) < 4.78 is 29.4. The van der Waals surface area contributed by atoms with E-state index in [2.05, 4.69) is 0 Å². The fraction of sp³-hybridized carbons (Fsp3) is 0.417. The van der Waals surface area contributed by atoms with Crippen LogP contribution in [0.3, 0.4) is 0 Å². The van der Waals surface area contributed by atoms with Gasteiger partial charge in [-0.3, -0.25) is 4.79 Å². The van der Waals surface area contributed by atoms with Gasteiger partial charge in [0.2, 0.25) is 0 Å². The molecule has 1 aromatic rings. The predicted octanol–water partition coefficient (Wildman–Crippen LogP) is 0.764. The van der Waals surface area contributed by atoms with Crippen molar-refractivity contribution in [3.05, 3.63) is 18.2 Å². The van der Waals surface area contributed by atoms with Crippen LogP contribution in [0.25, 0.3) is 0 Å². The maximum atomic E-state index is 12.0. The molecule has 0 saturated carbocycles. The first-order valence-corrected chi connectivity index (χ1v) is 7.48. The zero-order valence-corrected chi connectivity index (χ0v) is 11.3. The number of ether oxygens (including phenoxy) is 1. The molecule has 19 heavy (non-hydrogen) atoms. The van der Waals surface area contributed by atoms with Crippen molar-refractivity contribution in [3.63, 3.8) is 0 Å². The van der Waals surface area contributed by atoms with E-state index in [1.54, 1.807) is 6.07 Å². The predicted molar refractivity (Wildman–Crippen MR) is 69.5 cm³/mol. The molecule has 0 atom stereocenters. The van der Waals surface area contributed by atoms with Gasteiger partial charge in [-0.25, -0.2) is 8.42 Å². The first kappa shape index (κ1) is 13.7. The Morgan fingerprint density at radius 3 is 2.89 bits per heavy atom. The van der Waals surface area contributed by atoms with E-state index in [9.17, 15) is 13.2 Å². The molecule has 1 aromatic carbocycles. The van der Waals surface area contributed by atoms with Crippen molar-refractivity contribution in [2.24, 2.45) is 0 Å². The normalized spacial score (nSPS) is 14.7. The summed E-state index contributed by atoms with van der Waals surface area (Å²) in [7, 11) is -1.72. The van der Waals surface area contributed by atoms with Gasteiger partial charge in [0.15, 0.2) is 9.84 Å². The third-order valence-corrected chi connectivity index (χ3v) is 4.68. The minimum absolute atomic E-state index is 0.129. The Kier molecular flexibility index (Phi) is 3.66. The maximum Gasteiger partial charge on any atom is 0.304 e. The number of anilines is 1. The lowest BCUT2D eigenvalue weighted by atomic mass is 10.2. The number of hydrogen-bond donors (Lipinski definition) is 1. The molecular weight excluding hydrogens is 270 g/mol. The molecule has 0 radical (unpaired) electrons. The molecule has 0 aromatic heterocycles. The summed E-state index contributed by atoms with van der Waals surface area (Å²) in [5.41, 5.74) is 0.711. The standard InChI is InChI=1S/C12H15NO5S/c1-13-5-6-18-11-3-2-9(8-10(11)13)19(16,17)7-4-12(14)15/h2-3,8H,4-7H2,1H3,(H,14,15). The van der Waals surface area contributed by atoms with Crippen LogP contribution in [0.2, 0.25) is 0 Å². The van der Waals surface area contributed by atoms with Crippen molar-refractivity contribution in [2.75, 3.05) is 30.9 Å². The van der Waals surface area contributed by atoms with Gasteiger partial charge in [0, 0.05) is 7.05 Å². The number of benzene rings is 1. The molecule has 1 aliphatic heterocycles. The molecule has 0 unspecified atom stereocenters. The third-order valence-electron chi connectivity index (χ3n) is 2.97. The Hall–Kier alpha value is -1.76. The Labute approximate surface area is 111 Å². The monoisotopic (exact) mass is 285 g/mol. The van der Waals surface area contributed by atoms with Crippen LogP contribution in [0.15, 0.2) is 23.1 Å². The maximum absolute atomic E-state index is 12.0. The first-order valence-electron chi connectivity index (χ1n) is 5.83. The zero-order valence-electron chi connectivity index (χ0n) is 10.5. The summed E-state index contributed by atoms with van der Waals surface area (Å²) in [6.45, 7) is 1.25. The van der Waals surface area contributed by atoms with Gasteiger partial charge in [0.1, 0.15) is 12.4 Å². The van der Waals surface area contributed by atoms with Crippen LogP contribution in [0.4, 0.5) is 5.69 Å². The Morgan fingerprint density at radius 2 is 2.21 bits per heavy atom. The van der Waals surface area contributed by atoms with Gasteiger partial charge in [0.05, 0.1) is 29.3 Å². The van der Waals surface area contributed by atoms with Crippen molar-refractivity contribution in [2.45, 2.75) is 11.3 Å². The zero-order chi connectivity index (χ0) is 14.0. The second kappa shape index (κ2) is 5.08. The van der Waals surface area contributed by atoms with E-state index in [0.717, 1.165) is 0 Å². The molecule has 1 N–H and O–H groups in total. The number of sulfone groups is 1. The van der Waals surface area contributed by atoms with Crippen LogP contribution in [-0.4, -0.2) is 45.4 Å². The van der Waals surface area contributed by atoms with E-state index in [1.807, 2.05) is 11.9 Å². The van der Waals surface area contributed by atoms with Crippen LogP contribution < -0.4 is 9.64 Å². The lowest BCUT2D eigenvalue weighted by Crippen LogP contribution is -2.29. The second-order valence-electron chi connectivity index (χ2n) is 4.36. The van der Waals surface area contributed by atoms with Crippen molar-refractivity contribution in [1.82, 2.24) is 0 Å². The van der Waals surface area contributed by atoms with Gasteiger partial charge in [0.25, 0.3) is 0 Å². The molecule has 0 fully saturated rings. The summed E-state index contributed by atoms with van der Waals surface area (Å²) in [6.07, 6.45) is -0.397. The summed E-state index contributed by atoms with van der Waals surface area (Å²) in [4.78, 5) is 12.5. The number of carboxylic acids is 1. The van der Waals surface area contributed by atoms with Crippen molar-refractivity contribution < 1.29 is 23.1 Å². The van der Waals surface area contributed by atoms with E-state index >= 15 is 0 Å². The molecule has 1 aliphatic rings. The quantitative estimate of drug-likeness (QED) is 0.879. The van der Waals surface area contributed by atoms with Crippen LogP contribution in [-0.2, 0) is 14.6 Å². The lowest BCUT2D eigenvalue weighted by Gasteiger charge is -2.28. The molecule has 0 amide bonds. The van der Waals surface area contributed by atoms with E-state index in [1.165, 1.54) is 12.1 Å². The highest BCUT2D eigenvalue weighted by atomic mass is 32.2. The van der Waals surface area contributed by atoms with Crippen molar-refractivity contribution >= 4 is 21.5 Å². The van der Waals surface area contributed by atoms with Crippen LogP contribution in [0.1, 0.15) is 6.42 Å². The molecule has 2 rings (SSSR count). The van der Waals surface area contributed by atoms with Crippen LogP contribution >= 0.6 is 0 Å². The highest BCUT2D eigenvalue weighted by molar-refractivity contribution is 7.91. The van der Waals surface area contributed by atoms with Crippen molar-refractivity contribution in [3.8, 4) is 5.75 Å². The molecule has 0 aliphatic carbocycles. The summed E-state index contributed by atoms with van der Waals surface area (Å²) in [5, 5.41) is 8.57. The number of fused-ring (bicyclic) bond motifs is 1. The smallest absolute Gasteiger partial charge is 0.304 e. The van der Waals surface area contributed by atoms with E-state index in [0.29, 0.717) is 24.6 Å². The summed E-state index contributed by atoms with van der Waals surface area (Å²) >= 11 is 0. The van der Waals surface area contributed by atoms with E-state index < -0.39 is 28.0 Å². The SMILES string of the molecule is CN1CCOc2ccc(S(=O)(=O)CCC(=O)O)cc21. The van der Waals surface area contributed by atoms with E-state index in [-0.39, 0.29) is 4.90 Å². The van der Waals surface area contributed by atoms with Crippen LogP contribution in [0, 0.1) is 0 Å². The number of likely N-dealkylation sites (N-methyl/N-ethyl adjacent to an activating group) is 1. The molecule has 0 bridgehead atoms. The largest absolute Gasteiger partial charge is 0.490 e. The van der Waals surface area contributed by atoms with Crippen molar-refractivity contribution in [1.29, 1.82) is 0 Å².